The molecule has 0 radical (unpaired) electrons. The standard InChI is InChI=1S/C27H14BrFN4O3/c28-15-11-9-14(10-12-15)24-31-25-22-20(16-5-1-3-7-18(16)29)21-23(36-26(22)30-13-33(25)32-24)17-6-2-4-8-19(17)35-27(21)34/h1-13,20H. The molecule has 7 rings (SSSR count). The Morgan fingerprint density at radius 1 is 0.944 bits per heavy atom. The second-order valence-corrected chi connectivity index (χ2v) is 9.27. The van der Waals surface area contributed by atoms with Crippen LogP contribution in [-0.2, 0) is 0 Å². The number of rotatable bonds is 2. The Balaban J connectivity index is 1.56. The molecule has 1 aliphatic heterocycles. The highest BCUT2D eigenvalue weighted by Crippen LogP contribution is 2.49. The summed E-state index contributed by atoms with van der Waals surface area (Å²) in [5.41, 5.74) is 1.87. The van der Waals surface area contributed by atoms with Crippen LogP contribution in [0, 0.1) is 5.82 Å². The van der Waals surface area contributed by atoms with Crippen LogP contribution in [0.25, 0.3) is 28.0 Å². The molecule has 0 N–H and O–H groups in total. The molecule has 6 aromatic rings. The molecule has 3 aromatic heterocycles. The number of aromatic nitrogens is 4. The Labute approximate surface area is 211 Å². The number of benzene rings is 3. The third-order valence-corrected chi connectivity index (χ3v) is 6.81. The molecular formula is C27H14BrFN4O3. The van der Waals surface area contributed by atoms with Gasteiger partial charge in [-0.25, -0.2) is 23.7 Å². The Bertz CT molecular complexity index is 1880. The molecule has 3 aromatic carbocycles. The number of hydrogen-bond donors (Lipinski definition) is 0. The van der Waals surface area contributed by atoms with E-state index in [4.69, 9.17) is 14.1 Å². The smallest absolute Gasteiger partial charge is 0.344 e. The van der Waals surface area contributed by atoms with Gasteiger partial charge in [0.15, 0.2) is 17.2 Å². The van der Waals surface area contributed by atoms with E-state index in [9.17, 15) is 4.79 Å². The number of hydrogen-bond acceptors (Lipinski definition) is 6. The fourth-order valence-corrected chi connectivity index (χ4v) is 4.94. The van der Waals surface area contributed by atoms with Crippen molar-refractivity contribution >= 4 is 32.5 Å². The van der Waals surface area contributed by atoms with Crippen LogP contribution in [0.2, 0.25) is 0 Å². The van der Waals surface area contributed by atoms with E-state index in [0.717, 1.165) is 10.0 Å². The first-order valence-electron chi connectivity index (χ1n) is 11.1. The summed E-state index contributed by atoms with van der Waals surface area (Å²) in [4.78, 5) is 22.6. The molecule has 1 aliphatic rings. The maximum absolute atomic E-state index is 15.3. The number of fused-ring (bicyclic) bond motifs is 6. The molecule has 174 valence electrons. The highest BCUT2D eigenvalue weighted by atomic mass is 79.9. The molecule has 9 heteroatoms. The lowest BCUT2D eigenvalue weighted by atomic mass is 9.84. The van der Waals surface area contributed by atoms with Gasteiger partial charge in [-0.2, -0.15) is 0 Å². The van der Waals surface area contributed by atoms with Crippen molar-refractivity contribution in [3.63, 3.8) is 0 Å². The molecule has 36 heavy (non-hydrogen) atoms. The first-order chi connectivity index (χ1) is 17.6. The maximum atomic E-state index is 15.3. The molecule has 4 heterocycles. The van der Waals surface area contributed by atoms with Gasteiger partial charge in [0.2, 0.25) is 5.88 Å². The van der Waals surface area contributed by atoms with Crippen molar-refractivity contribution in [1.29, 1.82) is 0 Å². The monoisotopic (exact) mass is 540 g/mol. The molecule has 7 nitrogen and oxygen atoms in total. The lowest BCUT2D eigenvalue weighted by Gasteiger charge is -2.27. The van der Waals surface area contributed by atoms with Crippen LogP contribution in [-0.4, -0.2) is 19.6 Å². The van der Waals surface area contributed by atoms with Gasteiger partial charge in [0.25, 0.3) is 0 Å². The summed E-state index contributed by atoms with van der Waals surface area (Å²) in [6.45, 7) is 0. The largest absolute Gasteiger partial charge is 0.437 e. The predicted octanol–water partition coefficient (Wildman–Crippen LogP) is 6.09. The SMILES string of the molecule is O=c1oc2ccccc2c2c1C(c1ccccc1F)c1c(ncn3nc(-c4ccc(Br)cc4)nc13)O2. The molecule has 0 fully saturated rings. The topological polar surface area (TPSA) is 82.5 Å². The van der Waals surface area contributed by atoms with Crippen LogP contribution in [0.15, 0.2) is 92.8 Å². The van der Waals surface area contributed by atoms with Gasteiger partial charge in [0.1, 0.15) is 17.7 Å². The van der Waals surface area contributed by atoms with Gasteiger partial charge in [-0.05, 0) is 30.3 Å². The Hall–Kier alpha value is -4.37. The zero-order valence-corrected chi connectivity index (χ0v) is 19.9. The van der Waals surface area contributed by atoms with E-state index in [1.807, 2.05) is 30.3 Å². The van der Waals surface area contributed by atoms with Crippen molar-refractivity contribution in [2.24, 2.45) is 0 Å². The van der Waals surface area contributed by atoms with Gasteiger partial charge in [-0.1, -0.05) is 58.4 Å². The summed E-state index contributed by atoms with van der Waals surface area (Å²) >= 11 is 3.44. The van der Waals surface area contributed by atoms with Crippen LogP contribution in [0.3, 0.4) is 0 Å². The summed E-state index contributed by atoms with van der Waals surface area (Å²) in [6, 6.07) is 21.0. The van der Waals surface area contributed by atoms with Gasteiger partial charge in [-0.3, -0.25) is 0 Å². The molecule has 0 spiro atoms. The number of halogens is 2. The molecule has 0 saturated carbocycles. The van der Waals surface area contributed by atoms with E-state index in [-0.39, 0.29) is 17.0 Å². The van der Waals surface area contributed by atoms with Gasteiger partial charge in [0.05, 0.1) is 22.4 Å². The quantitative estimate of drug-likeness (QED) is 0.247. The van der Waals surface area contributed by atoms with E-state index < -0.39 is 17.4 Å². The van der Waals surface area contributed by atoms with Crippen molar-refractivity contribution in [2.75, 3.05) is 0 Å². The lowest BCUT2D eigenvalue weighted by molar-refractivity contribution is 0.420. The third kappa shape index (κ3) is 3.09. The first kappa shape index (κ1) is 21.0. The van der Waals surface area contributed by atoms with Crippen LogP contribution >= 0.6 is 15.9 Å². The molecule has 0 aliphatic carbocycles. The number of nitrogens with zero attached hydrogens (tertiary/aromatic N) is 4. The van der Waals surface area contributed by atoms with E-state index >= 15 is 4.39 Å². The number of para-hydroxylation sites is 1. The van der Waals surface area contributed by atoms with Crippen molar-refractivity contribution in [3.05, 3.63) is 117 Å². The Morgan fingerprint density at radius 2 is 1.72 bits per heavy atom. The second-order valence-electron chi connectivity index (χ2n) is 8.36. The first-order valence-corrected chi connectivity index (χ1v) is 11.9. The summed E-state index contributed by atoms with van der Waals surface area (Å²) in [6.07, 6.45) is 1.50. The van der Waals surface area contributed by atoms with Crippen molar-refractivity contribution in [1.82, 2.24) is 19.6 Å². The highest BCUT2D eigenvalue weighted by Gasteiger charge is 2.38. The average molecular weight is 541 g/mol. The maximum Gasteiger partial charge on any atom is 0.344 e. The van der Waals surface area contributed by atoms with E-state index in [0.29, 0.717) is 33.8 Å². The minimum atomic E-state index is -0.871. The van der Waals surface area contributed by atoms with Gasteiger partial charge in [0, 0.05) is 15.6 Å². The minimum absolute atomic E-state index is 0.189. The summed E-state index contributed by atoms with van der Waals surface area (Å²) < 4.78 is 29.6. The Kier molecular flexibility index (Phi) is 4.55. The van der Waals surface area contributed by atoms with E-state index in [1.54, 1.807) is 36.4 Å². The van der Waals surface area contributed by atoms with Crippen molar-refractivity contribution in [3.8, 4) is 23.0 Å². The second kappa shape index (κ2) is 7.82. The summed E-state index contributed by atoms with van der Waals surface area (Å²) in [7, 11) is 0. The lowest BCUT2D eigenvalue weighted by Crippen LogP contribution is -2.23. The normalized spacial score (nSPS) is 14.4. The van der Waals surface area contributed by atoms with E-state index in [2.05, 4.69) is 26.0 Å². The predicted molar refractivity (Wildman–Crippen MR) is 134 cm³/mol. The molecule has 1 atom stereocenters. The van der Waals surface area contributed by atoms with Crippen LogP contribution < -0.4 is 10.4 Å². The zero-order valence-electron chi connectivity index (χ0n) is 18.4. The number of ether oxygens (including phenoxy) is 1. The molecule has 0 saturated heterocycles. The fourth-order valence-electron chi connectivity index (χ4n) is 4.67. The molecule has 1 unspecified atom stereocenters. The average Bonchev–Trinajstić information content (AvgIpc) is 3.33. The molecule has 0 amide bonds. The summed E-state index contributed by atoms with van der Waals surface area (Å²) in [5.74, 6) is -0.352. The van der Waals surface area contributed by atoms with Crippen molar-refractivity contribution < 1.29 is 13.5 Å². The fraction of sp³-hybridized carbons (Fsp3) is 0.0370. The van der Waals surface area contributed by atoms with Crippen LogP contribution in [0.1, 0.15) is 22.6 Å². The van der Waals surface area contributed by atoms with Crippen molar-refractivity contribution in [2.45, 2.75) is 5.92 Å². The molecular weight excluding hydrogens is 527 g/mol. The van der Waals surface area contributed by atoms with Gasteiger partial charge < -0.3 is 9.15 Å². The highest BCUT2D eigenvalue weighted by molar-refractivity contribution is 9.10. The van der Waals surface area contributed by atoms with Gasteiger partial charge >= 0.3 is 5.63 Å². The van der Waals surface area contributed by atoms with E-state index in [1.165, 1.54) is 16.9 Å². The molecule has 0 bridgehead atoms. The van der Waals surface area contributed by atoms with Gasteiger partial charge in [-0.15, -0.1) is 5.10 Å². The summed E-state index contributed by atoms with van der Waals surface area (Å²) in [5, 5.41) is 5.17. The third-order valence-electron chi connectivity index (χ3n) is 6.28. The minimum Gasteiger partial charge on any atom is -0.437 e. The Morgan fingerprint density at radius 3 is 2.56 bits per heavy atom. The van der Waals surface area contributed by atoms with Crippen LogP contribution in [0.4, 0.5) is 4.39 Å². The zero-order chi connectivity index (χ0) is 24.4. The van der Waals surface area contributed by atoms with Crippen LogP contribution in [0.5, 0.6) is 11.6 Å².